The van der Waals surface area contributed by atoms with Gasteiger partial charge in [0.1, 0.15) is 0 Å². The lowest BCUT2D eigenvalue weighted by Crippen LogP contribution is -1.88. The van der Waals surface area contributed by atoms with Crippen LogP contribution < -0.4 is 0 Å². The van der Waals surface area contributed by atoms with E-state index in [1.54, 1.807) is 0 Å². The summed E-state index contributed by atoms with van der Waals surface area (Å²) in [7, 11) is 0. The first-order chi connectivity index (χ1) is 17.1. The third-order valence-corrected chi connectivity index (χ3v) is 8.95. The van der Waals surface area contributed by atoms with Crippen molar-refractivity contribution in [3.05, 3.63) is 0 Å². The largest absolute Gasteiger partial charge is 0.328 e. The molecule has 0 aliphatic rings. The Kier molecular flexibility index (Phi) is 30.7. The second-order valence-corrected chi connectivity index (χ2v) is 20.3. The Bertz CT molecular complexity index is 442. The molecule has 0 aromatic carbocycles. The van der Waals surface area contributed by atoms with Gasteiger partial charge < -0.3 is 4.52 Å². The van der Waals surface area contributed by atoms with Gasteiger partial charge >= 0.3 is 4.77 Å². The molecule has 0 spiro atoms. The van der Waals surface area contributed by atoms with E-state index >= 15 is 0 Å². The van der Waals surface area contributed by atoms with E-state index in [9.17, 15) is 4.57 Å². The Labute approximate surface area is 237 Å². The zero-order chi connectivity index (χ0) is 25.7. The van der Waals surface area contributed by atoms with Gasteiger partial charge in [0.2, 0.25) is 0 Å². The topological polar surface area (TPSA) is 26.3 Å². The lowest BCUT2D eigenvalue weighted by Gasteiger charge is -2.05. The van der Waals surface area contributed by atoms with E-state index < -0.39 is 4.77 Å². The molecule has 0 saturated heterocycles. The van der Waals surface area contributed by atoms with Gasteiger partial charge in [-0.15, -0.1) is 0 Å². The highest BCUT2D eigenvalue weighted by atomic mass is 79.9. The van der Waals surface area contributed by atoms with Gasteiger partial charge in [-0.3, -0.25) is 4.57 Å². The monoisotopic (exact) mass is 642 g/mol. The maximum absolute atomic E-state index is 11.3. The van der Waals surface area contributed by atoms with Gasteiger partial charge in [0, 0.05) is 31.0 Å². The van der Waals surface area contributed by atoms with E-state index in [1.807, 2.05) is 0 Å². The smallest absolute Gasteiger partial charge is 0.313 e. The molecular weight excluding hydrogens is 583 g/mol. The molecule has 0 aliphatic carbocycles. The zero-order valence-corrected chi connectivity index (χ0v) is 27.6. The summed E-state index contributed by atoms with van der Waals surface area (Å²) in [5.74, 6) is 0. The van der Waals surface area contributed by atoms with Crippen molar-refractivity contribution in [3.63, 3.8) is 0 Å². The van der Waals surface area contributed by atoms with Gasteiger partial charge in [-0.1, -0.05) is 180 Å². The third kappa shape index (κ3) is 35.1. The van der Waals surface area contributed by atoms with Gasteiger partial charge in [0.25, 0.3) is 0 Å². The molecule has 0 aromatic heterocycles. The van der Waals surface area contributed by atoms with E-state index in [2.05, 4.69) is 37.9 Å². The average Bonchev–Trinajstić information content (AvgIpc) is 2.82. The fourth-order valence-corrected chi connectivity index (χ4v) is 6.15. The number of hydrogen-bond acceptors (Lipinski definition) is 2. The highest BCUT2D eigenvalue weighted by molar-refractivity contribution is 9.70. The van der Waals surface area contributed by atoms with Gasteiger partial charge in [-0.05, 0) is 6.42 Å². The molecule has 0 N–H and O–H groups in total. The molecular formula is C30H61Br2O2P. The normalized spacial score (nSPS) is 12.0. The van der Waals surface area contributed by atoms with Gasteiger partial charge in [-0.25, -0.2) is 0 Å². The summed E-state index contributed by atoms with van der Waals surface area (Å²) in [5.41, 5.74) is 0. The molecule has 0 heterocycles. The van der Waals surface area contributed by atoms with Crippen molar-refractivity contribution in [2.24, 2.45) is 0 Å². The molecule has 0 rings (SSSR count). The van der Waals surface area contributed by atoms with Crippen LogP contribution in [0.5, 0.6) is 0 Å². The van der Waals surface area contributed by atoms with E-state index in [0.717, 1.165) is 6.42 Å². The maximum Gasteiger partial charge on any atom is 0.328 e. The van der Waals surface area contributed by atoms with E-state index in [0.29, 0.717) is 6.61 Å². The minimum atomic E-state index is -2.64. The van der Waals surface area contributed by atoms with Crippen LogP contribution in [-0.2, 0) is 9.09 Å². The van der Waals surface area contributed by atoms with Crippen molar-refractivity contribution in [3.8, 4) is 0 Å². The molecule has 0 amide bonds. The highest BCUT2D eigenvalue weighted by Gasteiger charge is 2.11. The first-order valence-corrected chi connectivity index (χ1v) is 21.4. The van der Waals surface area contributed by atoms with Gasteiger partial charge in [0.15, 0.2) is 0 Å². The summed E-state index contributed by atoms with van der Waals surface area (Å²) in [5, 5.41) is 0. The summed E-state index contributed by atoms with van der Waals surface area (Å²) in [6.07, 6.45) is 39.6. The first-order valence-electron chi connectivity index (χ1n) is 15.7. The van der Waals surface area contributed by atoms with Gasteiger partial charge in [-0.2, -0.15) is 0 Å². The molecule has 5 heteroatoms. The Morgan fingerprint density at radius 2 is 0.600 bits per heavy atom. The zero-order valence-electron chi connectivity index (χ0n) is 23.5. The second-order valence-electron chi connectivity index (χ2n) is 10.8. The summed E-state index contributed by atoms with van der Waals surface area (Å²) in [4.78, 5) is 0. The number of hydrogen-bond donors (Lipinski definition) is 0. The van der Waals surface area contributed by atoms with Crippen LogP contribution in [0.3, 0.4) is 0 Å². The van der Waals surface area contributed by atoms with Crippen molar-refractivity contribution in [2.45, 2.75) is 187 Å². The maximum atomic E-state index is 11.3. The SMILES string of the molecule is CCCCCCCCCCCCCCCCCCCCCCCCCCCCCCOP(=O)(Br)Br. The molecule has 2 nitrogen and oxygen atoms in total. The second kappa shape index (κ2) is 29.7. The van der Waals surface area contributed by atoms with Crippen LogP contribution in [0.15, 0.2) is 0 Å². The first kappa shape index (κ1) is 36.1. The molecule has 0 aromatic rings. The van der Waals surface area contributed by atoms with Crippen LogP contribution in [0.4, 0.5) is 0 Å². The number of unbranched alkanes of at least 4 members (excludes halogenated alkanes) is 27. The van der Waals surface area contributed by atoms with Crippen molar-refractivity contribution < 1.29 is 9.09 Å². The molecule has 0 fully saturated rings. The van der Waals surface area contributed by atoms with Crippen LogP contribution in [0, 0.1) is 0 Å². The Morgan fingerprint density at radius 1 is 0.400 bits per heavy atom. The molecule has 0 saturated carbocycles. The Hall–Kier alpha value is 1.15. The van der Waals surface area contributed by atoms with E-state index in [4.69, 9.17) is 4.52 Å². The molecule has 0 atom stereocenters. The predicted octanol–water partition coefficient (Wildman–Crippen LogP) is 13.8. The standard InChI is InChI=1S/C30H61Br2O2P/c1-2-3-4-5-6-7-8-9-10-11-12-13-14-15-16-17-18-19-20-21-22-23-24-25-26-27-28-29-30-34-35(31,32)33/h2-30H2,1H3. The van der Waals surface area contributed by atoms with Crippen LogP contribution in [0.25, 0.3) is 0 Å². The van der Waals surface area contributed by atoms with Crippen molar-refractivity contribution in [1.82, 2.24) is 0 Å². The fourth-order valence-electron chi connectivity index (χ4n) is 4.94. The molecule has 0 bridgehead atoms. The summed E-state index contributed by atoms with van der Waals surface area (Å²) in [6, 6.07) is 0. The van der Waals surface area contributed by atoms with Crippen molar-refractivity contribution in [2.75, 3.05) is 6.61 Å². The minimum Gasteiger partial charge on any atom is -0.313 e. The Balaban J connectivity index is 3.04. The summed E-state index contributed by atoms with van der Waals surface area (Å²) < 4.78 is 13.8. The number of rotatable bonds is 30. The molecule has 0 unspecified atom stereocenters. The molecule has 35 heavy (non-hydrogen) atoms. The lowest BCUT2D eigenvalue weighted by atomic mass is 10.0. The van der Waals surface area contributed by atoms with E-state index in [-0.39, 0.29) is 0 Å². The Morgan fingerprint density at radius 3 is 0.800 bits per heavy atom. The van der Waals surface area contributed by atoms with Crippen LogP contribution in [0.1, 0.15) is 187 Å². The van der Waals surface area contributed by atoms with Crippen LogP contribution in [0.2, 0.25) is 0 Å². The van der Waals surface area contributed by atoms with Crippen molar-refractivity contribution in [1.29, 1.82) is 0 Å². The molecule has 212 valence electrons. The third-order valence-electron chi connectivity index (χ3n) is 7.24. The van der Waals surface area contributed by atoms with Crippen molar-refractivity contribution >= 4 is 35.8 Å². The molecule has 0 radical (unpaired) electrons. The summed E-state index contributed by atoms with van der Waals surface area (Å²) in [6.45, 7) is 2.88. The predicted molar refractivity (Wildman–Crippen MR) is 166 cm³/mol. The average molecular weight is 645 g/mol. The quantitative estimate of drug-likeness (QED) is 0.0575. The minimum absolute atomic E-state index is 0.577. The molecule has 0 aliphatic heterocycles. The van der Waals surface area contributed by atoms with Crippen LogP contribution >= 0.6 is 35.8 Å². The van der Waals surface area contributed by atoms with Gasteiger partial charge in [0.05, 0.1) is 6.61 Å². The lowest BCUT2D eigenvalue weighted by molar-refractivity contribution is 0.323. The number of halogens is 2. The summed E-state index contributed by atoms with van der Waals surface area (Å²) >= 11 is 6.00. The van der Waals surface area contributed by atoms with E-state index in [1.165, 1.54) is 173 Å². The van der Waals surface area contributed by atoms with Crippen LogP contribution in [-0.4, -0.2) is 6.61 Å². The highest BCUT2D eigenvalue weighted by Crippen LogP contribution is 2.62. The fraction of sp³-hybridized carbons (Fsp3) is 1.00.